The highest BCUT2D eigenvalue weighted by Gasteiger charge is 2.29. The molecule has 3 rings (SSSR count). The van der Waals surface area contributed by atoms with Crippen LogP contribution < -0.4 is 5.32 Å². The normalized spacial score (nSPS) is 16.5. The van der Waals surface area contributed by atoms with Gasteiger partial charge in [-0.25, -0.2) is 8.78 Å². The molecule has 0 spiro atoms. The van der Waals surface area contributed by atoms with Crippen molar-refractivity contribution >= 4 is 11.8 Å². The minimum atomic E-state index is -0.919. The molecule has 136 valence electrons. The van der Waals surface area contributed by atoms with Gasteiger partial charge in [-0.2, -0.15) is 0 Å². The van der Waals surface area contributed by atoms with E-state index in [0.29, 0.717) is 12.6 Å². The standard InChI is InChI=1S/C20H20F2N2O2/c21-15-8-9-16(17(22)13-15)20(26)23-11-10-19(25)24-12-4-7-18(24)14-5-2-1-3-6-14/h1-3,5-6,8-9,13,18H,4,7,10-12H2,(H,23,26). The molecule has 2 aromatic carbocycles. The third-order valence-corrected chi connectivity index (χ3v) is 4.56. The van der Waals surface area contributed by atoms with Crippen molar-refractivity contribution in [3.63, 3.8) is 0 Å². The van der Waals surface area contributed by atoms with Gasteiger partial charge in [0.05, 0.1) is 11.6 Å². The maximum absolute atomic E-state index is 13.6. The van der Waals surface area contributed by atoms with Crippen LogP contribution in [0.25, 0.3) is 0 Å². The molecule has 26 heavy (non-hydrogen) atoms. The minimum absolute atomic E-state index is 0.0452. The largest absolute Gasteiger partial charge is 0.351 e. The molecular formula is C20H20F2N2O2. The average molecular weight is 358 g/mol. The molecule has 0 aromatic heterocycles. The molecule has 1 heterocycles. The minimum Gasteiger partial charge on any atom is -0.351 e. The van der Waals surface area contributed by atoms with Crippen molar-refractivity contribution in [2.45, 2.75) is 25.3 Å². The second-order valence-electron chi connectivity index (χ2n) is 6.29. The van der Waals surface area contributed by atoms with Crippen molar-refractivity contribution in [1.82, 2.24) is 10.2 Å². The maximum Gasteiger partial charge on any atom is 0.254 e. The number of rotatable bonds is 5. The predicted molar refractivity (Wildman–Crippen MR) is 93.4 cm³/mol. The SMILES string of the molecule is O=C(NCCC(=O)N1CCCC1c1ccccc1)c1ccc(F)cc1F. The van der Waals surface area contributed by atoms with Gasteiger partial charge < -0.3 is 10.2 Å². The van der Waals surface area contributed by atoms with E-state index in [0.717, 1.165) is 30.5 Å². The zero-order chi connectivity index (χ0) is 18.5. The molecule has 2 amide bonds. The van der Waals surface area contributed by atoms with Crippen molar-refractivity contribution in [2.24, 2.45) is 0 Å². The van der Waals surface area contributed by atoms with Crippen molar-refractivity contribution in [3.8, 4) is 0 Å². The Balaban J connectivity index is 1.54. The van der Waals surface area contributed by atoms with E-state index in [1.54, 1.807) is 0 Å². The third-order valence-electron chi connectivity index (χ3n) is 4.56. The number of hydrogen-bond donors (Lipinski definition) is 1. The number of hydrogen-bond acceptors (Lipinski definition) is 2. The molecule has 6 heteroatoms. The lowest BCUT2D eigenvalue weighted by Crippen LogP contribution is -2.34. The summed E-state index contributed by atoms with van der Waals surface area (Å²) in [7, 11) is 0. The smallest absolute Gasteiger partial charge is 0.254 e. The van der Waals surface area contributed by atoms with Crippen molar-refractivity contribution in [2.75, 3.05) is 13.1 Å². The Morgan fingerprint density at radius 2 is 1.88 bits per heavy atom. The Bertz CT molecular complexity index is 796. The lowest BCUT2D eigenvalue weighted by atomic mass is 10.0. The second kappa shape index (κ2) is 8.08. The van der Waals surface area contributed by atoms with Crippen molar-refractivity contribution < 1.29 is 18.4 Å². The van der Waals surface area contributed by atoms with Crippen LogP contribution in [-0.2, 0) is 4.79 Å². The fourth-order valence-electron chi connectivity index (χ4n) is 3.28. The highest BCUT2D eigenvalue weighted by atomic mass is 19.1. The average Bonchev–Trinajstić information content (AvgIpc) is 3.12. The summed E-state index contributed by atoms with van der Waals surface area (Å²) in [6, 6.07) is 12.7. The van der Waals surface area contributed by atoms with Crippen LogP contribution in [0, 0.1) is 11.6 Å². The first-order valence-electron chi connectivity index (χ1n) is 8.64. The van der Waals surface area contributed by atoms with Crippen LogP contribution >= 0.6 is 0 Å². The number of nitrogens with zero attached hydrogens (tertiary/aromatic N) is 1. The number of carbonyl (C=O) groups is 2. The van der Waals surface area contributed by atoms with Gasteiger partial charge in [0.25, 0.3) is 5.91 Å². The van der Waals surface area contributed by atoms with Gasteiger partial charge in [0.15, 0.2) is 0 Å². The van der Waals surface area contributed by atoms with Gasteiger partial charge in [-0.15, -0.1) is 0 Å². The zero-order valence-electron chi connectivity index (χ0n) is 14.3. The molecule has 1 aliphatic heterocycles. The molecule has 0 radical (unpaired) electrons. The molecule has 1 fully saturated rings. The van der Waals surface area contributed by atoms with Crippen LogP contribution in [0.4, 0.5) is 8.78 Å². The molecule has 0 bridgehead atoms. The van der Waals surface area contributed by atoms with Gasteiger partial charge in [-0.1, -0.05) is 30.3 Å². The van der Waals surface area contributed by atoms with E-state index in [4.69, 9.17) is 0 Å². The molecule has 1 atom stereocenters. The van der Waals surface area contributed by atoms with Crippen LogP contribution in [0.1, 0.15) is 41.2 Å². The van der Waals surface area contributed by atoms with E-state index >= 15 is 0 Å². The van der Waals surface area contributed by atoms with E-state index in [1.807, 2.05) is 35.2 Å². The van der Waals surface area contributed by atoms with E-state index in [2.05, 4.69) is 5.32 Å². The lowest BCUT2D eigenvalue weighted by molar-refractivity contribution is -0.132. The second-order valence-corrected chi connectivity index (χ2v) is 6.29. The highest BCUT2D eigenvalue weighted by molar-refractivity contribution is 5.94. The van der Waals surface area contributed by atoms with Crippen LogP contribution in [-0.4, -0.2) is 29.8 Å². The molecular weight excluding hydrogens is 338 g/mol. The van der Waals surface area contributed by atoms with Crippen LogP contribution in [0.15, 0.2) is 48.5 Å². The molecule has 0 saturated carbocycles. The van der Waals surface area contributed by atoms with E-state index in [1.165, 1.54) is 0 Å². The maximum atomic E-state index is 13.6. The molecule has 1 N–H and O–H groups in total. The van der Waals surface area contributed by atoms with Gasteiger partial charge in [0.2, 0.25) is 5.91 Å². The quantitative estimate of drug-likeness (QED) is 0.890. The lowest BCUT2D eigenvalue weighted by Gasteiger charge is -2.25. The summed E-state index contributed by atoms with van der Waals surface area (Å²) < 4.78 is 26.5. The summed E-state index contributed by atoms with van der Waals surface area (Å²) in [6.45, 7) is 0.797. The molecule has 1 aliphatic rings. The Morgan fingerprint density at radius 3 is 2.62 bits per heavy atom. The Hall–Kier alpha value is -2.76. The number of likely N-dealkylation sites (tertiary alicyclic amines) is 1. The number of benzene rings is 2. The number of amides is 2. The molecule has 1 unspecified atom stereocenters. The summed E-state index contributed by atoms with van der Waals surface area (Å²) >= 11 is 0. The Labute approximate surface area is 150 Å². The summed E-state index contributed by atoms with van der Waals surface area (Å²) in [5.74, 6) is -2.36. The van der Waals surface area contributed by atoms with Crippen molar-refractivity contribution in [3.05, 3.63) is 71.3 Å². The van der Waals surface area contributed by atoms with Gasteiger partial charge in [0, 0.05) is 25.6 Å². The first-order valence-corrected chi connectivity index (χ1v) is 8.64. The molecule has 0 aliphatic carbocycles. The van der Waals surface area contributed by atoms with E-state index in [9.17, 15) is 18.4 Å². The fraction of sp³-hybridized carbons (Fsp3) is 0.300. The molecule has 1 saturated heterocycles. The van der Waals surface area contributed by atoms with Gasteiger partial charge in [-0.05, 0) is 30.5 Å². The Kier molecular flexibility index (Phi) is 5.61. The van der Waals surface area contributed by atoms with Crippen molar-refractivity contribution in [1.29, 1.82) is 0 Å². The number of carbonyl (C=O) groups excluding carboxylic acids is 2. The predicted octanol–water partition coefficient (Wildman–Crippen LogP) is 3.45. The summed E-state index contributed by atoms with van der Waals surface area (Å²) in [4.78, 5) is 26.3. The Morgan fingerprint density at radius 1 is 1.12 bits per heavy atom. The fourth-order valence-corrected chi connectivity index (χ4v) is 3.28. The first kappa shape index (κ1) is 18.0. The first-order chi connectivity index (χ1) is 12.6. The number of halogens is 2. The number of nitrogens with one attached hydrogen (secondary N) is 1. The zero-order valence-corrected chi connectivity index (χ0v) is 14.3. The summed E-state index contributed by atoms with van der Waals surface area (Å²) in [5, 5.41) is 2.52. The van der Waals surface area contributed by atoms with Crippen LogP contribution in [0.3, 0.4) is 0 Å². The summed E-state index contributed by atoms with van der Waals surface area (Å²) in [6.07, 6.45) is 2.00. The molecule has 4 nitrogen and oxygen atoms in total. The third kappa shape index (κ3) is 4.07. The monoisotopic (exact) mass is 358 g/mol. The highest BCUT2D eigenvalue weighted by Crippen LogP contribution is 2.32. The van der Waals surface area contributed by atoms with Gasteiger partial charge in [-0.3, -0.25) is 9.59 Å². The van der Waals surface area contributed by atoms with E-state index in [-0.39, 0.29) is 30.5 Å². The van der Waals surface area contributed by atoms with E-state index < -0.39 is 17.5 Å². The van der Waals surface area contributed by atoms with Gasteiger partial charge in [0.1, 0.15) is 11.6 Å². The molecule has 2 aromatic rings. The topological polar surface area (TPSA) is 49.4 Å². The van der Waals surface area contributed by atoms with Crippen LogP contribution in [0.2, 0.25) is 0 Å². The van der Waals surface area contributed by atoms with Gasteiger partial charge >= 0.3 is 0 Å². The van der Waals surface area contributed by atoms with Crippen LogP contribution in [0.5, 0.6) is 0 Å². The summed E-state index contributed by atoms with van der Waals surface area (Å²) in [5.41, 5.74) is 0.873.